The van der Waals surface area contributed by atoms with Crippen molar-refractivity contribution in [2.75, 3.05) is 18.5 Å². The average molecular weight is 309 g/mol. The van der Waals surface area contributed by atoms with Crippen LogP contribution in [0.5, 0.6) is 0 Å². The number of carbonyl (C=O) groups excluding carboxylic acids is 2. The van der Waals surface area contributed by atoms with E-state index >= 15 is 0 Å². The molecule has 2 amide bonds. The second kappa shape index (κ2) is 5.90. The number of amides is 2. The molecule has 2 N–H and O–H groups in total. The molecule has 0 unspecified atom stereocenters. The molecule has 0 saturated heterocycles. The van der Waals surface area contributed by atoms with Crippen molar-refractivity contribution in [3.63, 3.8) is 0 Å². The van der Waals surface area contributed by atoms with Gasteiger partial charge in [0, 0.05) is 6.08 Å². The van der Waals surface area contributed by atoms with Gasteiger partial charge in [-0.15, -0.1) is 0 Å². The molecule has 0 saturated carbocycles. The van der Waals surface area contributed by atoms with Crippen LogP contribution < -0.4 is 5.32 Å². The smallest absolute Gasteiger partial charge is 0.295 e. The van der Waals surface area contributed by atoms with E-state index < -0.39 is 34.8 Å². The maximum absolute atomic E-state index is 13.4. The number of carbonyl (C=O) groups is 2. The first-order chi connectivity index (χ1) is 10.3. The summed E-state index contributed by atoms with van der Waals surface area (Å²) in [5.41, 5.74) is -0.669. The van der Waals surface area contributed by atoms with Crippen LogP contribution in [0.3, 0.4) is 0 Å². The number of imide groups is 1. The van der Waals surface area contributed by atoms with Crippen LogP contribution in [0.1, 0.15) is 5.56 Å². The van der Waals surface area contributed by atoms with E-state index in [0.717, 1.165) is 17.0 Å². The molecule has 0 aromatic heterocycles. The quantitative estimate of drug-likeness (QED) is 0.470. The van der Waals surface area contributed by atoms with Crippen LogP contribution >= 0.6 is 0 Å². The number of nitrogens with one attached hydrogen (secondary N) is 1. The van der Waals surface area contributed by atoms with Gasteiger partial charge in [-0.2, -0.15) is 0 Å². The number of hydrogen-bond donors (Lipinski definition) is 2. The fourth-order valence-corrected chi connectivity index (χ4v) is 1.98. The Bertz CT molecular complexity index is 701. The van der Waals surface area contributed by atoms with Crippen LogP contribution in [0, 0.1) is 22.9 Å². The van der Waals surface area contributed by atoms with Crippen molar-refractivity contribution < 1.29 is 24.0 Å². The summed E-state index contributed by atoms with van der Waals surface area (Å²) < 4.78 is 13.4. The Hall–Kier alpha value is -2.81. The number of benzene rings is 1. The zero-order valence-corrected chi connectivity index (χ0v) is 11.5. The van der Waals surface area contributed by atoms with Gasteiger partial charge in [-0.25, -0.2) is 4.39 Å². The Morgan fingerprint density at radius 3 is 2.68 bits per heavy atom. The van der Waals surface area contributed by atoms with Gasteiger partial charge in [0.1, 0.15) is 17.2 Å². The number of aryl methyl sites for hydroxylation is 1. The molecule has 9 heteroatoms. The van der Waals surface area contributed by atoms with Crippen LogP contribution in [-0.2, 0) is 9.59 Å². The van der Waals surface area contributed by atoms with Gasteiger partial charge in [0.05, 0.1) is 24.1 Å². The van der Waals surface area contributed by atoms with Crippen LogP contribution in [-0.4, -0.2) is 39.9 Å². The second-order valence-electron chi connectivity index (χ2n) is 4.58. The number of aliphatic hydroxyl groups excluding tert-OH is 1. The lowest BCUT2D eigenvalue weighted by Gasteiger charge is -2.13. The number of hydrogen-bond acceptors (Lipinski definition) is 6. The van der Waals surface area contributed by atoms with E-state index in [1.54, 1.807) is 0 Å². The average Bonchev–Trinajstić information content (AvgIpc) is 2.70. The first-order valence-corrected chi connectivity index (χ1v) is 6.25. The summed E-state index contributed by atoms with van der Waals surface area (Å²) in [6, 6.07) is 1.92. The van der Waals surface area contributed by atoms with Gasteiger partial charge in [-0.3, -0.25) is 24.6 Å². The highest BCUT2D eigenvalue weighted by Crippen LogP contribution is 2.29. The molecule has 1 aromatic rings. The molecular weight excluding hydrogens is 297 g/mol. The normalized spacial score (nSPS) is 14.3. The van der Waals surface area contributed by atoms with Crippen LogP contribution in [0.25, 0.3) is 0 Å². The predicted molar refractivity (Wildman–Crippen MR) is 73.3 cm³/mol. The monoisotopic (exact) mass is 309 g/mol. The zero-order valence-electron chi connectivity index (χ0n) is 11.5. The number of nitrogens with zero attached hydrogens (tertiary/aromatic N) is 2. The summed E-state index contributed by atoms with van der Waals surface area (Å²) >= 11 is 0. The van der Waals surface area contributed by atoms with Gasteiger partial charge in [0.2, 0.25) is 0 Å². The predicted octanol–water partition coefficient (Wildman–Crippen LogP) is 0.699. The lowest BCUT2D eigenvalue weighted by atomic mass is 10.1. The van der Waals surface area contributed by atoms with Crippen molar-refractivity contribution in [2.45, 2.75) is 6.92 Å². The highest BCUT2D eigenvalue weighted by atomic mass is 19.1. The van der Waals surface area contributed by atoms with E-state index in [4.69, 9.17) is 5.11 Å². The standard InChI is InChI=1S/C13H12FN3O5/c1-7-4-9(11(17(21)22)5-8(7)14)15-10-6-12(19)16(2-3-18)13(10)20/h4-6,15,18H,2-3H2,1H3. The third kappa shape index (κ3) is 2.79. The van der Waals surface area contributed by atoms with E-state index in [0.29, 0.717) is 0 Å². The van der Waals surface area contributed by atoms with Crippen LogP contribution in [0.15, 0.2) is 23.9 Å². The fourth-order valence-electron chi connectivity index (χ4n) is 1.98. The van der Waals surface area contributed by atoms with Gasteiger partial charge < -0.3 is 10.4 Å². The maximum atomic E-state index is 13.4. The molecule has 0 aliphatic carbocycles. The first-order valence-electron chi connectivity index (χ1n) is 6.25. The molecular formula is C13H12FN3O5. The van der Waals surface area contributed by atoms with Crippen molar-refractivity contribution in [2.24, 2.45) is 0 Å². The number of nitro benzene ring substituents is 1. The minimum absolute atomic E-state index is 0.0952. The lowest BCUT2D eigenvalue weighted by molar-refractivity contribution is -0.384. The van der Waals surface area contributed by atoms with Gasteiger partial charge >= 0.3 is 0 Å². The van der Waals surface area contributed by atoms with E-state index in [1.165, 1.54) is 13.0 Å². The van der Waals surface area contributed by atoms with Crippen molar-refractivity contribution in [1.82, 2.24) is 4.90 Å². The molecule has 22 heavy (non-hydrogen) atoms. The van der Waals surface area contributed by atoms with Gasteiger partial charge in [-0.05, 0) is 18.6 Å². The molecule has 2 rings (SSSR count). The summed E-state index contributed by atoms with van der Waals surface area (Å²) in [6.07, 6.45) is 0.973. The largest absolute Gasteiger partial charge is 0.395 e. The number of aliphatic hydroxyl groups is 1. The van der Waals surface area contributed by atoms with Crippen molar-refractivity contribution >= 4 is 23.2 Å². The Balaban J connectivity index is 2.34. The number of rotatable bonds is 5. The molecule has 1 heterocycles. The van der Waals surface area contributed by atoms with E-state index in [-0.39, 0.29) is 23.5 Å². The van der Waals surface area contributed by atoms with E-state index in [1.807, 2.05) is 0 Å². The molecule has 1 aliphatic heterocycles. The summed E-state index contributed by atoms with van der Waals surface area (Å²) in [5.74, 6) is -2.10. The minimum atomic E-state index is -0.793. The molecule has 0 spiro atoms. The van der Waals surface area contributed by atoms with Crippen LogP contribution in [0.4, 0.5) is 15.8 Å². The van der Waals surface area contributed by atoms with Crippen LogP contribution in [0.2, 0.25) is 0 Å². The Labute approximate surface area is 124 Å². The molecule has 0 fully saturated rings. The van der Waals surface area contributed by atoms with E-state index in [9.17, 15) is 24.1 Å². The summed E-state index contributed by atoms with van der Waals surface area (Å²) in [4.78, 5) is 34.5. The minimum Gasteiger partial charge on any atom is -0.395 e. The third-order valence-corrected chi connectivity index (χ3v) is 3.08. The molecule has 1 aliphatic rings. The van der Waals surface area contributed by atoms with Crippen molar-refractivity contribution in [3.05, 3.63) is 45.4 Å². The molecule has 0 bridgehead atoms. The molecule has 1 aromatic carbocycles. The Kier molecular flexibility index (Phi) is 4.18. The molecule has 0 radical (unpaired) electrons. The van der Waals surface area contributed by atoms with Crippen molar-refractivity contribution in [3.8, 4) is 0 Å². The first kappa shape index (κ1) is 15.6. The SMILES string of the molecule is Cc1cc(NC2=CC(=O)N(CCO)C2=O)c([N+](=O)[O-])cc1F. The van der Waals surface area contributed by atoms with Gasteiger partial charge in [-0.1, -0.05) is 0 Å². The molecule has 0 atom stereocenters. The van der Waals surface area contributed by atoms with E-state index in [2.05, 4.69) is 5.32 Å². The number of nitro groups is 1. The zero-order chi connectivity index (χ0) is 16.4. The molecule has 8 nitrogen and oxygen atoms in total. The number of anilines is 1. The lowest BCUT2D eigenvalue weighted by Crippen LogP contribution is -2.34. The fraction of sp³-hybridized carbons (Fsp3) is 0.231. The Morgan fingerprint density at radius 2 is 2.09 bits per heavy atom. The Morgan fingerprint density at radius 1 is 1.41 bits per heavy atom. The topological polar surface area (TPSA) is 113 Å². The highest BCUT2D eigenvalue weighted by molar-refractivity contribution is 6.17. The molecule has 116 valence electrons. The maximum Gasteiger partial charge on any atom is 0.295 e. The van der Waals surface area contributed by atoms with Crippen molar-refractivity contribution in [1.29, 1.82) is 0 Å². The summed E-state index contributed by atoms with van der Waals surface area (Å²) in [7, 11) is 0. The summed E-state index contributed by atoms with van der Waals surface area (Å²) in [6.45, 7) is 0.844. The third-order valence-electron chi connectivity index (χ3n) is 3.08. The second-order valence-corrected chi connectivity index (χ2v) is 4.58. The summed E-state index contributed by atoms with van der Waals surface area (Å²) in [5, 5.41) is 22.2. The van der Waals surface area contributed by atoms with Gasteiger partial charge in [0.15, 0.2) is 0 Å². The number of halogens is 1. The van der Waals surface area contributed by atoms with Gasteiger partial charge in [0.25, 0.3) is 17.5 Å². The number of β-amino-alcohol motifs (C(OH)–C–C–N with tert-alkyl or cyclic N) is 1. The highest BCUT2D eigenvalue weighted by Gasteiger charge is 2.32.